The Kier molecular flexibility index (Phi) is 5.26. The molecule has 1 aromatic heterocycles. The molecule has 0 aliphatic heterocycles. The Morgan fingerprint density at radius 2 is 1.81 bits per heavy atom. The van der Waals surface area contributed by atoms with E-state index >= 15 is 0 Å². The van der Waals surface area contributed by atoms with Gasteiger partial charge in [0.2, 0.25) is 5.76 Å². The van der Waals surface area contributed by atoms with Gasteiger partial charge in [0.1, 0.15) is 5.58 Å². The van der Waals surface area contributed by atoms with Crippen LogP contribution in [0, 0.1) is 6.92 Å². The third kappa shape index (κ3) is 3.84. The number of methoxy groups -OCH3 is 2. The summed E-state index contributed by atoms with van der Waals surface area (Å²) in [6.45, 7) is 1.81. The van der Waals surface area contributed by atoms with Crippen molar-refractivity contribution in [3.05, 3.63) is 65.4 Å². The lowest BCUT2D eigenvalue weighted by Crippen LogP contribution is -2.09. The number of furan rings is 1. The minimum absolute atomic E-state index is 0.146. The molecule has 1 heterocycles. The molecular formula is C21H18O6. The molecule has 6 nitrogen and oxygen atoms in total. The molecule has 0 atom stereocenters. The van der Waals surface area contributed by atoms with Crippen LogP contribution in [0.4, 0.5) is 0 Å². The average Bonchev–Trinajstić information content (AvgIpc) is 3.03. The van der Waals surface area contributed by atoms with E-state index in [0.29, 0.717) is 22.5 Å². The Hall–Kier alpha value is -3.54. The molecule has 6 heteroatoms. The summed E-state index contributed by atoms with van der Waals surface area (Å²) in [5, 5.41) is 0.861. The number of hydrogen-bond acceptors (Lipinski definition) is 6. The molecular weight excluding hydrogens is 348 g/mol. The van der Waals surface area contributed by atoms with Crippen LogP contribution in [-0.2, 0) is 9.53 Å². The molecule has 3 aromatic rings. The van der Waals surface area contributed by atoms with Gasteiger partial charge in [-0.15, -0.1) is 0 Å². The fourth-order valence-electron chi connectivity index (χ4n) is 2.62. The molecule has 0 aliphatic rings. The van der Waals surface area contributed by atoms with Crippen molar-refractivity contribution in [3.63, 3.8) is 0 Å². The third-order valence-corrected chi connectivity index (χ3v) is 4.03. The Morgan fingerprint density at radius 1 is 1.04 bits per heavy atom. The average molecular weight is 366 g/mol. The maximum absolute atomic E-state index is 12.6. The maximum atomic E-state index is 12.6. The predicted octanol–water partition coefficient (Wildman–Crippen LogP) is 4.16. The van der Waals surface area contributed by atoms with Gasteiger partial charge in [0.25, 0.3) is 0 Å². The van der Waals surface area contributed by atoms with Crippen LogP contribution >= 0.6 is 0 Å². The van der Waals surface area contributed by atoms with Crippen molar-refractivity contribution < 1.29 is 28.2 Å². The Labute approximate surface area is 155 Å². The van der Waals surface area contributed by atoms with E-state index in [1.807, 2.05) is 18.2 Å². The van der Waals surface area contributed by atoms with Crippen molar-refractivity contribution in [1.29, 1.82) is 0 Å². The van der Waals surface area contributed by atoms with Crippen LogP contribution in [0.1, 0.15) is 21.7 Å². The van der Waals surface area contributed by atoms with Crippen molar-refractivity contribution >= 4 is 29.0 Å². The lowest BCUT2D eigenvalue weighted by Gasteiger charge is -2.09. The van der Waals surface area contributed by atoms with Gasteiger partial charge >= 0.3 is 11.9 Å². The second-order valence-corrected chi connectivity index (χ2v) is 5.71. The van der Waals surface area contributed by atoms with Crippen molar-refractivity contribution in [3.8, 4) is 11.5 Å². The third-order valence-electron chi connectivity index (χ3n) is 4.03. The number of ether oxygens (including phenoxy) is 3. The quantitative estimate of drug-likeness (QED) is 0.383. The SMILES string of the molecule is COC(=O)/C=C/c1ccc(OC(=O)c2oc3ccccc3c2C)c(OC)c1. The first-order valence-electron chi connectivity index (χ1n) is 8.18. The second kappa shape index (κ2) is 7.78. The first-order chi connectivity index (χ1) is 13.0. The van der Waals surface area contributed by atoms with Crippen LogP contribution in [0.2, 0.25) is 0 Å². The molecule has 138 valence electrons. The van der Waals surface area contributed by atoms with Gasteiger partial charge in [-0.25, -0.2) is 9.59 Å². The smallest absolute Gasteiger partial charge is 0.380 e. The lowest BCUT2D eigenvalue weighted by molar-refractivity contribution is -0.134. The molecule has 2 aromatic carbocycles. The van der Waals surface area contributed by atoms with E-state index in [0.717, 1.165) is 5.39 Å². The number of carbonyl (C=O) groups excluding carboxylic acids is 2. The molecule has 27 heavy (non-hydrogen) atoms. The molecule has 0 bridgehead atoms. The highest BCUT2D eigenvalue weighted by Gasteiger charge is 2.21. The number of hydrogen-bond donors (Lipinski definition) is 0. The van der Waals surface area contributed by atoms with Crippen molar-refractivity contribution in [1.82, 2.24) is 0 Å². The number of para-hydroxylation sites is 1. The molecule has 3 rings (SSSR count). The van der Waals surface area contributed by atoms with Gasteiger partial charge in [0, 0.05) is 17.0 Å². The van der Waals surface area contributed by atoms with Gasteiger partial charge < -0.3 is 18.6 Å². The minimum atomic E-state index is -0.611. The van der Waals surface area contributed by atoms with E-state index in [1.54, 1.807) is 37.3 Å². The van der Waals surface area contributed by atoms with E-state index < -0.39 is 11.9 Å². The van der Waals surface area contributed by atoms with Crippen LogP contribution < -0.4 is 9.47 Å². The number of benzene rings is 2. The van der Waals surface area contributed by atoms with E-state index in [-0.39, 0.29) is 11.5 Å². The lowest BCUT2D eigenvalue weighted by atomic mass is 10.1. The largest absolute Gasteiger partial charge is 0.493 e. The monoisotopic (exact) mass is 366 g/mol. The Balaban J connectivity index is 1.85. The zero-order valence-electron chi connectivity index (χ0n) is 15.1. The number of fused-ring (bicyclic) bond motifs is 1. The first kappa shape index (κ1) is 18.3. The normalized spacial score (nSPS) is 10.9. The van der Waals surface area contributed by atoms with Crippen LogP contribution in [0.5, 0.6) is 11.5 Å². The van der Waals surface area contributed by atoms with Crippen LogP contribution in [-0.4, -0.2) is 26.2 Å². The molecule has 0 fully saturated rings. The zero-order valence-corrected chi connectivity index (χ0v) is 15.1. The second-order valence-electron chi connectivity index (χ2n) is 5.71. The van der Waals surface area contributed by atoms with Gasteiger partial charge in [0.15, 0.2) is 11.5 Å². The fraction of sp³-hybridized carbons (Fsp3) is 0.143. The highest BCUT2D eigenvalue weighted by atomic mass is 16.6. The summed E-state index contributed by atoms with van der Waals surface area (Å²) in [5.74, 6) is -0.334. The molecule has 0 saturated carbocycles. The van der Waals surface area contributed by atoms with Crippen molar-refractivity contribution in [2.24, 2.45) is 0 Å². The molecule has 0 radical (unpaired) electrons. The maximum Gasteiger partial charge on any atom is 0.380 e. The summed E-state index contributed by atoms with van der Waals surface area (Å²) < 4.78 is 20.9. The topological polar surface area (TPSA) is 75.0 Å². The summed E-state index contributed by atoms with van der Waals surface area (Å²) in [6, 6.07) is 12.3. The van der Waals surface area contributed by atoms with E-state index in [1.165, 1.54) is 20.3 Å². The van der Waals surface area contributed by atoms with E-state index in [4.69, 9.17) is 13.9 Å². The summed E-state index contributed by atoms with van der Waals surface area (Å²) in [7, 11) is 2.77. The number of carbonyl (C=O) groups is 2. The molecule has 0 spiro atoms. The highest BCUT2D eigenvalue weighted by Crippen LogP contribution is 2.31. The molecule has 0 amide bonds. The van der Waals surface area contributed by atoms with Gasteiger partial charge in [-0.1, -0.05) is 24.3 Å². The fourth-order valence-corrected chi connectivity index (χ4v) is 2.62. The molecule has 0 saturated heterocycles. The predicted molar refractivity (Wildman–Crippen MR) is 100.0 cm³/mol. The summed E-state index contributed by atoms with van der Waals surface area (Å²) in [6.07, 6.45) is 2.86. The number of esters is 2. The van der Waals surface area contributed by atoms with Crippen LogP contribution in [0.3, 0.4) is 0 Å². The molecule has 0 aliphatic carbocycles. The zero-order chi connectivity index (χ0) is 19.4. The standard InChI is InChI=1S/C21H18O6/c1-13-15-6-4-5-7-16(15)26-20(13)21(23)27-17-10-8-14(12-18(17)24-2)9-11-19(22)25-3/h4-12H,1-3H3/b11-9+. The highest BCUT2D eigenvalue weighted by molar-refractivity contribution is 5.97. The van der Waals surface area contributed by atoms with Gasteiger partial charge in [-0.3, -0.25) is 0 Å². The Morgan fingerprint density at radius 3 is 2.52 bits per heavy atom. The van der Waals surface area contributed by atoms with Gasteiger partial charge in [0.05, 0.1) is 14.2 Å². The van der Waals surface area contributed by atoms with Gasteiger partial charge in [-0.2, -0.15) is 0 Å². The van der Waals surface area contributed by atoms with E-state index in [9.17, 15) is 9.59 Å². The number of aryl methyl sites for hydroxylation is 1. The molecule has 0 unspecified atom stereocenters. The van der Waals surface area contributed by atoms with Crippen LogP contribution in [0.25, 0.3) is 17.0 Å². The van der Waals surface area contributed by atoms with Crippen LogP contribution in [0.15, 0.2) is 53.0 Å². The summed E-state index contributed by atoms with van der Waals surface area (Å²) in [5.41, 5.74) is 2.03. The summed E-state index contributed by atoms with van der Waals surface area (Å²) >= 11 is 0. The molecule has 0 N–H and O–H groups in total. The summed E-state index contributed by atoms with van der Waals surface area (Å²) in [4.78, 5) is 23.8. The Bertz CT molecular complexity index is 1030. The van der Waals surface area contributed by atoms with Gasteiger partial charge in [-0.05, 0) is 36.8 Å². The number of rotatable bonds is 5. The van der Waals surface area contributed by atoms with Crippen molar-refractivity contribution in [2.75, 3.05) is 14.2 Å². The first-order valence-corrected chi connectivity index (χ1v) is 8.18. The van der Waals surface area contributed by atoms with Crippen molar-refractivity contribution in [2.45, 2.75) is 6.92 Å². The van der Waals surface area contributed by atoms with E-state index in [2.05, 4.69) is 4.74 Å². The minimum Gasteiger partial charge on any atom is -0.493 e.